The van der Waals surface area contributed by atoms with E-state index < -0.39 is 0 Å². The molecule has 46 valence electrons. The Hall–Kier alpha value is -0.260. The lowest BCUT2D eigenvalue weighted by atomic mass is 10.00. The van der Waals surface area contributed by atoms with Crippen LogP contribution < -0.4 is 0 Å². The molecule has 5 aliphatic rings. The molecule has 0 heterocycles. The second-order valence-corrected chi connectivity index (χ2v) is 4.26. The van der Waals surface area contributed by atoms with Crippen LogP contribution in [-0.4, -0.2) is 0 Å². The summed E-state index contributed by atoms with van der Waals surface area (Å²) in [7, 11) is 0. The van der Waals surface area contributed by atoms with E-state index in [2.05, 4.69) is 12.2 Å². The SMILES string of the molecule is C1=C[C@H]2C3CC4[C@@H]2[C@H]4[C@H]13. The number of hydrogen-bond acceptors (Lipinski definition) is 0. The normalized spacial score (nSPS) is 78.2. The van der Waals surface area contributed by atoms with Gasteiger partial charge in [-0.05, 0) is 41.9 Å². The third-order valence-corrected chi connectivity index (χ3v) is 4.27. The van der Waals surface area contributed by atoms with Crippen molar-refractivity contribution in [2.45, 2.75) is 6.42 Å². The van der Waals surface area contributed by atoms with Gasteiger partial charge in [-0.2, -0.15) is 0 Å². The zero-order chi connectivity index (χ0) is 5.59. The summed E-state index contributed by atoms with van der Waals surface area (Å²) in [5.74, 6) is 6.90. The topological polar surface area (TPSA) is 0 Å². The largest absolute Gasteiger partial charge is 0.0845 e. The average molecular weight is 118 g/mol. The van der Waals surface area contributed by atoms with Crippen LogP contribution in [0.2, 0.25) is 0 Å². The van der Waals surface area contributed by atoms with E-state index in [-0.39, 0.29) is 0 Å². The van der Waals surface area contributed by atoms with E-state index in [1.165, 1.54) is 17.8 Å². The van der Waals surface area contributed by atoms with E-state index in [1.54, 1.807) is 6.42 Å². The van der Waals surface area contributed by atoms with Gasteiger partial charge in [-0.3, -0.25) is 0 Å². The van der Waals surface area contributed by atoms with Crippen LogP contribution in [0.1, 0.15) is 6.42 Å². The lowest BCUT2D eigenvalue weighted by Crippen LogP contribution is -1.99. The van der Waals surface area contributed by atoms with Crippen LogP contribution in [0.25, 0.3) is 0 Å². The molecule has 0 nitrogen and oxygen atoms in total. The number of hydrogen-bond donors (Lipinski definition) is 0. The highest BCUT2D eigenvalue weighted by Crippen LogP contribution is 2.78. The first-order valence-corrected chi connectivity index (χ1v) is 4.15. The molecule has 6 atom stereocenters. The van der Waals surface area contributed by atoms with Crippen LogP contribution in [0.4, 0.5) is 0 Å². The molecule has 0 saturated heterocycles. The Labute approximate surface area is 54.9 Å². The van der Waals surface area contributed by atoms with Crippen molar-refractivity contribution in [1.82, 2.24) is 0 Å². The first-order valence-electron chi connectivity index (χ1n) is 4.15. The van der Waals surface area contributed by atoms with Crippen molar-refractivity contribution in [3.8, 4) is 0 Å². The Bertz CT molecular complexity index is 196. The number of rotatable bonds is 0. The zero-order valence-electron chi connectivity index (χ0n) is 5.33. The Morgan fingerprint density at radius 1 is 0.889 bits per heavy atom. The van der Waals surface area contributed by atoms with E-state index in [0.717, 1.165) is 17.8 Å². The highest BCUT2D eigenvalue weighted by molar-refractivity contribution is 5.32. The molecule has 0 aromatic rings. The molecule has 5 aliphatic carbocycles. The van der Waals surface area contributed by atoms with Gasteiger partial charge in [0, 0.05) is 0 Å². The average Bonchev–Trinajstić information content (AvgIpc) is 2.35. The van der Waals surface area contributed by atoms with Crippen LogP contribution in [0.5, 0.6) is 0 Å². The quantitative estimate of drug-likeness (QED) is 0.424. The smallest absolute Gasteiger partial charge is 0.0165 e. The Morgan fingerprint density at radius 2 is 1.56 bits per heavy atom. The highest BCUT2D eigenvalue weighted by Gasteiger charge is 2.73. The lowest BCUT2D eigenvalue weighted by Gasteiger charge is -2.04. The van der Waals surface area contributed by atoms with Gasteiger partial charge in [0.25, 0.3) is 0 Å². The maximum Gasteiger partial charge on any atom is -0.0165 e. The summed E-state index contributed by atoms with van der Waals surface area (Å²) in [6.07, 6.45) is 6.60. The van der Waals surface area contributed by atoms with Gasteiger partial charge in [-0.25, -0.2) is 0 Å². The Balaban J connectivity index is 2.08. The maximum absolute atomic E-state index is 2.50. The van der Waals surface area contributed by atoms with Gasteiger partial charge in [0.15, 0.2) is 0 Å². The number of allylic oxidation sites excluding steroid dienone is 2. The fourth-order valence-electron chi connectivity index (χ4n) is 4.08. The standard InChI is InChI=1S/C9H10/c1-2-5-6-3-7-8(4(1)6)9(5)7/h1-2,4-9H,3H2/t4-,5+,6?,7?,8+,9-. The van der Waals surface area contributed by atoms with Gasteiger partial charge in [-0.1, -0.05) is 12.2 Å². The molecule has 0 radical (unpaired) electrons. The second-order valence-electron chi connectivity index (χ2n) is 4.26. The molecule has 4 saturated carbocycles. The fraction of sp³-hybridized carbons (Fsp3) is 0.778. The van der Waals surface area contributed by atoms with Crippen molar-refractivity contribution in [2.24, 2.45) is 35.5 Å². The fourth-order valence-corrected chi connectivity index (χ4v) is 4.08. The van der Waals surface area contributed by atoms with Gasteiger partial charge >= 0.3 is 0 Å². The summed E-state index contributed by atoms with van der Waals surface area (Å²) in [6.45, 7) is 0. The molecule has 6 bridgehead atoms. The minimum Gasteiger partial charge on any atom is -0.0845 e. The lowest BCUT2D eigenvalue weighted by molar-refractivity contribution is 0.471. The van der Waals surface area contributed by atoms with Crippen LogP contribution >= 0.6 is 0 Å². The van der Waals surface area contributed by atoms with Gasteiger partial charge in [0.1, 0.15) is 0 Å². The highest BCUT2D eigenvalue weighted by atomic mass is 14.8. The maximum atomic E-state index is 2.50. The molecule has 0 aliphatic heterocycles. The van der Waals surface area contributed by atoms with Crippen molar-refractivity contribution in [1.29, 1.82) is 0 Å². The molecule has 0 N–H and O–H groups in total. The minimum atomic E-state index is 1.07. The summed E-state index contributed by atoms with van der Waals surface area (Å²) in [6, 6.07) is 0. The molecule has 9 heavy (non-hydrogen) atoms. The molecule has 0 heteroatoms. The van der Waals surface area contributed by atoms with Gasteiger partial charge < -0.3 is 0 Å². The summed E-state index contributed by atoms with van der Waals surface area (Å²) >= 11 is 0. The summed E-state index contributed by atoms with van der Waals surface area (Å²) in [4.78, 5) is 0. The molecular weight excluding hydrogens is 108 g/mol. The van der Waals surface area contributed by atoms with Crippen molar-refractivity contribution >= 4 is 0 Å². The molecule has 0 spiro atoms. The van der Waals surface area contributed by atoms with Crippen LogP contribution in [0.3, 0.4) is 0 Å². The first-order chi connectivity index (χ1) is 4.47. The predicted molar refractivity (Wildman–Crippen MR) is 34.7 cm³/mol. The van der Waals surface area contributed by atoms with E-state index >= 15 is 0 Å². The minimum absolute atomic E-state index is 1.07. The molecule has 0 aromatic carbocycles. The molecule has 2 unspecified atom stereocenters. The first kappa shape index (κ1) is 3.80. The second kappa shape index (κ2) is 0.817. The third kappa shape index (κ3) is 0.211. The monoisotopic (exact) mass is 118 g/mol. The van der Waals surface area contributed by atoms with Crippen LogP contribution in [0, 0.1) is 35.5 Å². The molecule has 5 rings (SSSR count). The summed E-state index contributed by atoms with van der Waals surface area (Å²) in [5, 5.41) is 0. The van der Waals surface area contributed by atoms with Crippen LogP contribution in [-0.2, 0) is 0 Å². The van der Waals surface area contributed by atoms with Crippen molar-refractivity contribution in [3.63, 3.8) is 0 Å². The zero-order valence-corrected chi connectivity index (χ0v) is 5.33. The van der Waals surface area contributed by atoms with Gasteiger partial charge in [0.05, 0.1) is 0 Å². The molecule has 0 amide bonds. The van der Waals surface area contributed by atoms with Crippen molar-refractivity contribution in [2.75, 3.05) is 0 Å². The molecule has 0 aromatic heterocycles. The van der Waals surface area contributed by atoms with Gasteiger partial charge in [0.2, 0.25) is 0 Å². The van der Waals surface area contributed by atoms with Crippen molar-refractivity contribution in [3.05, 3.63) is 12.2 Å². The Morgan fingerprint density at radius 3 is 1.89 bits per heavy atom. The summed E-state index contributed by atoms with van der Waals surface area (Å²) < 4.78 is 0. The van der Waals surface area contributed by atoms with E-state index in [0.29, 0.717) is 0 Å². The van der Waals surface area contributed by atoms with Crippen LogP contribution in [0.15, 0.2) is 12.2 Å². The van der Waals surface area contributed by atoms with Crippen molar-refractivity contribution < 1.29 is 0 Å². The summed E-state index contributed by atoms with van der Waals surface area (Å²) in [5.41, 5.74) is 0. The van der Waals surface area contributed by atoms with E-state index in [1.807, 2.05) is 0 Å². The predicted octanol–water partition coefficient (Wildman–Crippen LogP) is 1.68. The van der Waals surface area contributed by atoms with E-state index in [4.69, 9.17) is 0 Å². The van der Waals surface area contributed by atoms with E-state index in [9.17, 15) is 0 Å². The molecular formula is C9H10. The third-order valence-electron chi connectivity index (χ3n) is 4.27. The Kier molecular flexibility index (Phi) is 0.345. The van der Waals surface area contributed by atoms with Gasteiger partial charge in [-0.15, -0.1) is 0 Å². The molecule has 4 fully saturated rings.